The lowest BCUT2D eigenvalue weighted by atomic mass is 10.0. The maximum absolute atomic E-state index is 12.8. The van der Waals surface area contributed by atoms with Crippen LogP contribution in [0, 0.1) is 0 Å². The van der Waals surface area contributed by atoms with Crippen LogP contribution >= 0.6 is 15.9 Å². The largest absolute Gasteiger partial charge is 0.493 e. The monoisotopic (exact) mass is 489 g/mol. The predicted molar refractivity (Wildman–Crippen MR) is 124 cm³/mol. The third-order valence-electron chi connectivity index (χ3n) is 5.13. The SMILES string of the molecule is CCOc1c(Br)cc(C(=O)NC2CCN(CC(=O)Nc3ccccc3)CC2)cc1OC. The summed E-state index contributed by atoms with van der Waals surface area (Å²) in [5.74, 6) is 0.923. The molecule has 1 saturated heterocycles. The third-order valence-corrected chi connectivity index (χ3v) is 5.72. The molecule has 1 aliphatic rings. The summed E-state index contributed by atoms with van der Waals surface area (Å²) in [5, 5.41) is 6.00. The fourth-order valence-corrected chi connectivity index (χ4v) is 4.12. The fourth-order valence-electron chi connectivity index (χ4n) is 3.56. The van der Waals surface area contributed by atoms with E-state index in [0.717, 1.165) is 31.6 Å². The second-order valence-corrected chi connectivity index (χ2v) is 8.21. The minimum absolute atomic E-state index is 0.0278. The predicted octanol–water partition coefficient (Wildman–Crippen LogP) is 3.69. The Labute approximate surface area is 191 Å². The number of rotatable bonds is 8. The molecule has 0 radical (unpaired) electrons. The molecule has 2 amide bonds. The number of benzene rings is 2. The number of piperidine rings is 1. The highest BCUT2D eigenvalue weighted by atomic mass is 79.9. The first-order valence-electron chi connectivity index (χ1n) is 10.4. The zero-order chi connectivity index (χ0) is 22.2. The summed E-state index contributed by atoms with van der Waals surface area (Å²) in [5.41, 5.74) is 1.31. The van der Waals surface area contributed by atoms with Crippen molar-refractivity contribution in [2.75, 3.05) is 38.7 Å². The minimum Gasteiger partial charge on any atom is -0.493 e. The number of nitrogens with zero attached hydrogens (tertiary/aromatic N) is 1. The number of ether oxygens (including phenoxy) is 2. The lowest BCUT2D eigenvalue weighted by molar-refractivity contribution is -0.117. The van der Waals surface area contributed by atoms with E-state index < -0.39 is 0 Å². The second-order valence-electron chi connectivity index (χ2n) is 7.36. The lowest BCUT2D eigenvalue weighted by Gasteiger charge is -2.31. The Morgan fingerprint density at radius 1 is 1.16 bits per heavy atom. The van der Waals surface area contributed by atoms with E-state index in [1.807, 2.05) is 37.3 Å². The summed E-state index contributed by atoms with van der Waals surface area (Å²) in [6.07, 6.45) is 1.58. The van der Waals surface area contributed by atoms with Crippen molar-refractivity contribution in [3.63, 3.8) is 0 Å². The van der Waals surface area contributed by atoms with Crippen molar-refractivity contribution in [1.29, 1.82) is 0 Å². The second kappa shape index (κ2) is 11.2. The van der Waals surface area contributed by atoms with Gasteiger partial charge in [-0.2, -0.15) is 0 Å². The smallest absolute Gasteiger partial charge is 0.251 e. The molecule has 1 fully saturated rings. The molecule has 2 N–H and O–H groups in total. The van der Waals surface area contributed by atoms with Crippen molar-refractivity contribution in [2.45, 2.75) is 25.8 Å². The van der Waals surface area contributed by atoms with Crippen LogP contribution in [0.25, 0.3) is 0 Å². The van der Waals surface area contributed by atoms with Crippen molar-refractivity contribution >= 4 is 33.4 Å². The molecule has 3 rings (SSSR count). The van der Waals surface area contributed by atoms with Gasteiger partial charge in [-0.1, -0.05) is 18.2 Å². The van der Waals surface area contributed by atoms with Crippen molar-refractivity contribution in [3.8, 4) is 11.5 Å². The van der Waals surface area contributed by atoms with E-state index in [4.69, 9.17) is 9.47 Å². The molecule has 1 aliphatic heterocycles. The standard InChI is InChI=1S/C23H28BrN3O4/c1-3-31-22-19(24)13-16(14-20(22)30-2)23(29)26-18-9-11-27(12-10-18)15-21(28)25-17-7-5-4-6-8-17/h4-8,13-14,18H,3,9-12,15H2,1-2H3,(H,25,28)(H,26,29). The summed E-state index contributed by atoms with van der Waals surface area (Å²) in [6, 6.07) is 12.9. The maximum atomic E-state index is 12.8. The number of hydrogen-bond donors (Lipinski definition) is 2. The normalized spacial score (nSPS) is 14.7. The number of carbonyl (C=O) groups excluding carboxylic acids is 2. The molecule has 0 spiro atoms. The van der Waals surface area contributed by atoms with Crippen molar-refractivity contribution in [1.82, 2.24) is 10.2 Å². The summed E-state index contributed by atoms with van der Waals surface area (Å²) >= 11 is 3.46. The number of likely N-dealkylation sites (tertiary alicyclic amines) is 1. The van der Waals surface area contributed by atoms with Crippen LogP contribution in [-0.4, -0.2) is 56.1 Å². The average molecular weight is 490 g/mol. The van der Waals surface area contributed by atoms with Gasteiger partial charge in [0.1, 0.15) is 0 Å². The van der Waals surface area contributed by atoms with Crippen molar-refractivity contribution in [3.05, 3.63) is 52.5 Å². The number of hydrogen-bond acceptors (Lipinski definition) is 5. The molecular formula is C23H28BrN3O4. The maximum Gasteiger partial charge on any atom is 0.251 e. The molecule has 0 unspecified atom stereocenters. The Kier molecular flexibility index (Phi) is 8.31. The highest BCUT2D eigenvalue weighted by Crippen LogP contribution is 2.36. The van der Waals surface area contributed by atoms with Gasteiger partial charge in [0.25, 0.3) is 5.91 Å². The lowest BCUT2D eigenvalue weighted by Crippen LogP contribution is -2.46. The van der Waals surface area contributed by atoms with Crippen LogP contribution in [0.15, 0.2) is 46.9 Å². The highest BCUT2D eigenvalue weighted by Gasteiger charge is 2.23. The van der Waals surface area contributed by atoms with Gasteiger partial charge in [0.15, 0.2) is 11.5 Å². The number of para-hydroxylation sites is 1. The quantitative estimate of drug-likeness (QED) is 0.590. The molecule has 2 aromatic carbocycles. The molecule has 0 atom stereocenters. The van der Waals surface area contributed by atoms with Gasteiger partial charge >= 0.3 is 0 Å². The number of amides is 2. The molecule has 7 nitrogen and oxygen atoms in total. The zero-order valence-electron chi connectivity index (χ0n) is 17.8. The Bertz CT molecular complexity index is 899. The average Bonchev–Trinajstić information content (AvgIpc) is 2.77. The molecule has 2 aromatic rings. The third kappa shape index (κ3) is 6.45. The fraction of sp³-hybridized carbons (Fsp3) is 0.391. The Morgan fingerprint density at radius 2 is 1.87 bits per heavy atom. The topological polar surface area (TPSA) is 79.9 Å². The first-order valence-corrected chi connectivity index (χ1v) is 11.2. The van der Waals surface area contributed by atoms with Crippen LogP contribution in [-0.2, 0) is 4.79 Å². The highest BCUT2D eigenvalue weighted by molar-refractivity contribution is 9.10. The van der Waals surface area contributed by atoms with Gasteiger partial charge in [-0.25, -0.2) is 0 Å². The number of carbonyl (C=O) groups is 2. The van der Waals surface area contributed by atoms with Gasteiger partial charge in [-0.05, 0) is 60.0 Å². The Hall–Kier alpha value is -2.58. The first-order chi connectivity index (χ1) is 15.0. The van der Waals surface area contributed by atoms with Gasteiger partial charge in [0.05, 0.1) is 24.7 Å². The molecule has 0 saturated carbocycles. The first kappa shape index (κ1) is 23.1. The van der Waals surface area contributed by atoms with Gasteiger partial charge in [0, 0.05) is 30.4 Å². The molecule has 31 heavy (non-hydrogen) atoms. The Morgan fingerprint density at radius 3 is 2.52 bits per heavy atom. The van der Waals surface area contributed by atoms with E-state index in [-0.39, 0.29) is 17.9 Å². The van der Waals surface area contributed by atoms with Gasteiger partial charge in [0.2, 0.25) is 5.91 Å². The summed E-state index contributed by atoms with van der Waals surface area (Å²) < 4.78 is 11.6. The minimum atomic E-state index is -0.151. The molecule has 166 valence electrons. The van der Waals surface area contributed by atoms with E-state index in [1.165, 1.54) is 0 Å². The number of methoxy groups -OCH3 is 1. The van der Waals surface area contributed by atoms with Crippen LogP contribution in [0.5, 0.6) is 11.5 Å². The molecule has 8 heteroatoms. The molecular weight excluding hydrogens is 462 g/mol. The van der Waals surface area contributed by atoms with Gasteiger partial charge in [-0.15, -0.1) is 0 Å². The van der Waals surface area contributed by atoms with Crippen LogP contribution in [0.1, 0.15) is 30.1 Å². The molecule has 0 aliphatic carbocycles. The van der Waals surface area contributed by atoms with Gasteiger partial charge < -0.3 is 20.1 Å². The van der Waals surface area contributed by atoms with Crippen LogP contribution in [0.3, 0.4) is 0 Å². The van der Waals surface area contributed by atoms with Crippen LogP contribution < -0.4 is 20.1 Å². The van der Waals surface area contributed by atoms with E-state index in [9.17, 15) is 9.59 Å². The Balaban J connectivity index is 1.50. The summed E-state index contributed by atoms with van der Waals surface area (Å²) in [7, 11) is 1.55. The van der Waals surface area contributed by atoms with E-state index in [1.54, 1.807) is 19.2 Å². The van der Waals surface area contributed by atoms with E-state index in [2.05, 4.69) is 31.5 Å². The number of halogens is 1. The van der Waals surface area contributed by atoms with Crippen molar-refractivity contribution < 1.29 is 19.1 Å². The molecule has 1 heterocycles. The van der Waals surface area contributed by atoms with Gasteiger partial charge in [-0.3, -0.25) is 14.5 Å². The van der Waals surface area contributed by atoms with Crippen LogP contribution in [0.2, 0.25) is 0 Å². The summed E-state index contributed by atoms with van der Waals surface area (Å²) in [6.45, 7) is 4.25. The summed E-state index contributed by atoms with van der Waals surface area (Å²) in [4.78, 5) is 27.1. The number of nitrogens with one attached hydrogen (secondary N) is 2. The van der Waals surface area contributed by atoms with Crippen LogP contribution in [0.4, 0.5) is 5.69 Å². The number of anilines is 1. The molecule has 0 bridgehead atoms. The van der Waals surface area contributed by atoms with Crippen molar-refractivity contribution in [2.24, 2.45) is 0 Å². The van der Waals surface area contributed by atoms with E-state index in [0.29, 0.717) is 34.7 Å². The zero-order valence-corrected chi connectivity index (χ0v) is 19.4. The van der Waals surface area contributed by atoms with E-state index >= 15 is 0 Å². The molecule has 0 aromatic heterocycles.